The van der Waals surface area contributed by atoms with Crippen LogP contribution in [0.5, 0.6) is 0 Å². The molecule has 0 aliphatic rings. The Balaban J connectivity index is 0.000000246. The van der Waals surface area contributed by atoms with Gasteiger partial charge in [-0.15, -0.1) is 0 Å². The summed E-state index contributed by atoms with van der Waals surface area (Å²) in [5.74, 6) is -0.366. The Hall–Kier alpha value is -1.31. The molecule has 80 valence electrons. The first-order chi connectivity index (χ1) is 6.30. The van der Waals surface area contributed by atoms with E-state index in [-0.39, 0.29) is 23.0 Å². The zero-order valence-corrected chi connectivity index (χ0v) is 8.64. The maximum atomic E-state index is 10.3. The summed E-state index contributed by atoms with van der Waals surface area (Å²) in [6, 6.07) is 16.9. The molecule has 0 atom stereocenters. The van der Waals surface area contributed by atoms with Crippen LogP contribution in [0.3, 0.4) is 0 Å². The molecular formula is C11H11FeNO-6. The third-order valence-corrected chi connectivity index (χ3v) is 1.50. The van der Waals surface area contributed by atoms with Gasteiger partial charge in [0.15, 0.2) is 5.91 Å². The van der Waals surface area contributed by atoms with Crippen molar-refractivity contribution in [2.45, 2.75) is 0 Å². The Morgan fingerprint density at radius 2 is 1.36 bits per heavy atom. The van der Waals surface area contributed by atoms with Gasteiger partial charge in [0.05, 0.1) is 0 Å². The van der Waals surface area contributed by atoms with Gasteiger partial charge in [0.2, 0.25) is 0 Å². The normalized spacial score (nSPS) is 8.00. The van der Waals surface area contributed by atoms with Crippen LogP contribution in [0.4, 0.5) is 0 Å². The van der Waals surface area contributed by atoms with E-state index < -0.39 is 0 Å². The molecule has 2 rings (SSSR count). The van der Waals surface area contributed by atoms with Crippen LogP contribution in [0.1, 0.15) is 10.4 Å². The summed E-state index contributed by atoms with van der Waals surface area (Å²) in [6.07, 6.45) is 0. The fraction of sp³-hybridized carbons (Fsp3) is 0. The number of primary amides is 1. The maximum absolute atomic E-state index is 10.3. The number of carbonyl (C=O) groups is 1. The molecule has 0 saturated heterocycles. The third-order valence-electron chi connectivity index (χ3n) is 1.50. The predicted octanol–water partition coefficient (Wildman–Crippen LogP) is 1.91. The van der Waals surface area contributed by atoms with E-state index in [0.29, 0.717) is 5.56 Å². The average Bonchev–Trinajstić information content (AvgIpc) is 2.82. The van der Waals surface area contributed by atoms with Gasteiger partial charge in [0, 0.05) is 17.1 Å². The minimum atomic E-state index is -0.366. The van der Waals surface area contributed by atoms with Crippen molar-refractivity contribution in [3.8, 4) is 0 Å². The first kappa shape index (κ1) is 12.7. The van der Waals surface area contributed by atoms with Crippen molar-refractivity contribution >= 4 is 5.91 Å². The first-order valence-electron chi connectivity index (χ1n) is 3.99. The van der Waals surface area contributed by atoms with Crippen molar-refractivity contribution in [1.29, 1.82) is 0 Å². The summed E-state index contributed by atoms with van der Waals surface area (Å²) in [6.45, 7) is 0. The monoisotopic (exact) mass is 229 g/mol. The molecule has 0 aromatic heterocycles. The summed E-state index contributed by atoms with van der Waals surface area (Å²) in [7, 11) is 0. The van der Waals surface area contributed by atoms with Crippen LogP contribution in [0.15, 0.2) is 54.6 Å². The molecule has 0 aliphatic heterocycles. The summed E-state index contributed by atoms with van der Waals surface area (Å²) >= 11 is 0. The van der Waals surface area contributed by atoms with Crippen LogP contribution in [-0.4, -0.2) is 5.91 Å². The Bertz CT molecular complexity index is 307. The van der Waals surface area contributed by atoms with Crippen molar-refractivity contribution in [2.24, 2.45) is 5.73 Å². The van der Waals surface area contributed by atoms with Gasteiger partial charge in [-0.2, -0.15) is 12.1 Å². The molecule has 0 unspecified atom stereocenters. The SMILES string of the molecule is NC(=O)[c-]1cccc1.[Fe].[cH-]1[cH-][cH-][cH-][cH-]1. The van der Waals surface area contributed by atoms with E-state index in [1.165, 1.54) is 0 Å². The number of amides is 1. The van der Waals surface area contributed by atoms with Gasteiger partial charge in [-0.3, -0.25) is 4.79 Å². The summed E-state index contributed by atoms with van der Waals surface area (Å²) < 4.78 is 0. The molecule has 0 heterocycles. The quantitative estimate of drug-likeness (QED) is 0.589. The Morgan fingerprint density at radius 3 is 1.57 bits per heavy atom. The molecule has 2 aromatic carbocycles. The van der Waals surface area contributed by atoms with E-state index in [2.05, 4.69) is 0 Å². The van der Waals surface area contributed by atoms with Gasteiger partial charge in [0.25, 0.3) is 0 Å². The predicted molar refractivity (Wildman–Crippen MR) is 52.6 cm³/mol. The molecule has 0 radical (unpaired) electrons. The van der Waals surface area contributed by atoms with Crippen molar-refractivity contribution in [2.75, 3.05) is 0 Å². The molecule has 0 bridgehead atoms. The second kappa shape index (κ2) is 7.13. The minimum Gasteiger partial charge on any atom is -0.748 e. The van der Waals surface area contributed by atoms with Crippen molar-refractivity contribution in [3.63, 3.8) is 0 Å². The van der Waals surface area contributed by atoms with Gasteiger partial charge >= 0.3 is 0 Å². The molecule has 2 aromatic rings. The Kier molecular flexibility index (Phi) is 6.46. The number of rotatable bonds is 1. The van der Waals surface area contributed by atoms with Crippen molar-refractivity contribution in [3.05, 3.63) is 60.2 Å². The number of hydrogen-bond acceptors (Lipinski definition) is 1. The Labute approximate surface area is 93.9 Å². The van der Waals surface area contributed by atoms with E-state index in [1.807, 2.05) is 30.3 Å². The van der Waals surface area contributed by atoms with Crippen molar-refractivity contribution in [1.82, 2.24) is 0 Å². The largest absolute Gasteiger partial charge is 0.748 e. The van der Waals surface area contributed by atoms with E-state index >= 15 is 0 Å². The van der Waals surface area contributed by atoms with Crippen LogP contribution >= 0.6 is 0 Å². The maximum Gasteiger partial charge on any atom is 0.192 e. The average molecular weight is 229 g/mol. The standard InChI is InChI=1S/C6H6NO.C5H5.Fe/c7-6(8)5-3-1-2-4-5;1-2-4-5-3-1;/h1-4H,(H2,7,8);1-5H;/q-1;-5;. The molecule has 14 heavy (non-hydrogen) atoms. The van der Waals surface area contributed by atoms with Gasteiger partial charge in [-0.1, -0.05) is 5.56 Å². The molecule has 0 fully saturated rings. The molecule has 0 aliphatic carbocycles. The summed E-state index contributed by atoms with van der Waals surface area (Å²) in [5, 5.41) is 0. The van der Waals surface area contributed by atoms with E-state index in [1.54, 1.807) is 24.3 Å². The molecule has 3 heteroatoms. The topological polar surface area (TPSA) is 43.1 Å². The van der Waals surface area contributed by atoms with Crippen molar-refractivity contribution < 1.29 is 21.9 Å². The Morgan fingerprint density at radius 1 is 1.00 bits per heavy atom. The number of carbonyl (C=O) groups excluding carboxylic acids is 1. The zero-order chi connectivity index (χ0) is 9.52. The third kappa shape index (κ3) is 4.65. The fourth-order valence-electron chi connectivity index (χ4n) is 0.859. The summed E-state index contributed by atoms with van der Waals surface area (Å²) in [4.78, 5) is 10.3. The number of nitrogens with two attached hydrogens (primary N) is 1. The van der Waals surface area contributed by atoms with Gasteiger partial charge < -0.3 is 36.1 Å². The van der Waals surface area contributed by atoms with E-state index in [4.69, 9.17) is 5.73 Å². The molecule has 0 saturated carbocycles. The van der Waals surface area contributed by atoms with Crippen LogP contribution in [0.25, 0.3) is 0 Å². The molecule has 1 amide bonds. The second-order valence-electron chi connectivity index (χ2n) is 2.50. The second-order valence-corrected chi connectivity index (χ2v) is 2.50. The minimum absolute atomic E-state index is 0. The van der Waals surface area contributed by atoms with E-state index in [9.17, 15) is 4.79 Å². The molecular weight excluding hydrogens is 218 g/mol. The van der Waals surface area contributed by atoms with Gasteiger partial charge in [-0.25, -0.2) is 12.1 Å². The van der Waals surface area contributed by atoms with E-state index in [0.717, 1.165) is 0 Å². The van der Waals surface area contributed by atoms with Crippen LogP contribution < -0.4 is 5.73 Å². The van der Waals surface area contributed by atoms with Crippen LogP contribution in [-0.2, 0) is 17.1 Å². The molecule has 2 nitrogen and oxygen atoms in total. The summed E-state index contributed by atoms with van der Waals surface area (Å²) in [5.41, 5.74) is 5.49. The van der Waals surface area contributed by atoms with Crippen LogP contribution in [0, 0.1) is 0 Å². The van der Waals surface area contributed by atoms with Crippen LogP contribution in [0.2, 0.25) is 0 Å². The fourth-order valence-corrected chi connectivity index (χ4v) is 0.859. The zero-order valence-electron chi connectivity index (χ0n) is 7.54. The van der Waals surface area contributed by atoms with Gasteiger partial charge in [0.1, 0.15) is 0 Å². The smallest absolute Gasteiger partial charge is 0.192 e. The molecule has 0 spiro atoms. The molecule has 2 N–H and O–H groups in total. The number of hydrogen-bond donors (Lipinski definition) is 1. The van der Waals surface area contributed by atoms with Gasteiger partial charge in [-0.05, 0) is 0 Å². The first-order valence-corrected chi connectivity index (χ1v) is 3.99.